The van der Waals surface area contributed by atoms with Crippen LogP contribution in [0.25, 0.3) is 0 Å². The minimum absolute atomic E-state index is 0.399. The van der Waals surface area contributed by atoms with E-state index in [-0.39, 0.29) is 0 Å². The Labute approximate surface area is 86.2 Å². The molecule has 0 saturated carbocycles. The summed E-state index contributed by atoms with van der Waals surface area (Å²) in [6.07, 6.45) is 3.10. The average Bonchev–Trinajstić information content (AvgIpc) is 2.18. The highest BCUT2D eigenvalue weighted by atomic mass is 32.2. The largest absolute Gasteiger partial charge is 0.238 e. The van der Waals surface area contributed by atoms with Gasteiger partial charge in [0, 0.05) is 10.5 Å². The standard InChI is InChI=1S/C10H10FNOS/c1-10(11,12-7-13)8-5-3-4-6-9(8)14-2/h3-6H,1-2H3. The maximum Gasteiger partial charge on any atom is 0.238 e. The number of isocyanates is 1. The van der Waals surface area contributed by atoms with Gasteiger partial charge in [0.05, 0.1) is 0 Å². The van der Waals surface area contributed by atoms with Gasteiger partial charge in [-0.05, 0) is 19.2 Å². The van der Waals surface area contributed by atoms with E-state index in [0.717, 1.165) is 4.90 Å². The molecule has 14 heavy (non-hydrogen) atoms. The molecule has 2 nitrogen and oxygen atoms in total. The van der Waals surface area contributed by atoms with E-state index in [1.165, 1.54) is 24.8 Å². The molecule has 0 aliphatic heterocycles. The summed E-state index contributed by atoms with van der Waals surface area (Å²) in [5.74, 6) is -1.98. The second-order valence-corrected chi connectivity index (χ2v) is 3.70. The topological polar surface area (TPSA) is 29.4 Å². The number of nitrogens with zero attached hydrogens (tertiary/aromatic N) is 1. The Morgan fingerprint density at radius 3 is 2.71 bits per heavy atom. The second-order valence-electron chi connectivity index (χ2n) is 2.86. The van der Waals surface area contributed by atoms with Gasteiger partial charge in [0.2, 0.25) is 11.9 Å². The molecule has 0 N–H and O–H groups in total. The van der Waals surface area contributed by atoms with Crippen LogP contribution >= 0.6 is 11.8 Å². The molecule has 1 unspecified atom stereocenters. The minimum Gasteiger partial charge on any atom is -0.212 e. The first kappa shape index (κ1) is 11.0. The number of carbonyl (C=O) groups excluding carboxylic acids is 1. The molecule has 1 aromatic rings. The molecule has 0 amide bonds. The Morgan fingerprint density at radius 1 is 1.50 bits per heavy atom. The van der Waals surface area contributed by atoms with Crippen LogP contribution in [-0.2, 0) is 10.6 Å². The van der Waals surface area contributed by atoms with Gasteiger partial charge in [-0.2, -0.15) is 4.99 Å². The van der Waals surface area contributed by atoms with Gasteiger partial charge < -0.3 is 0 Å². The zero-order chi connectivity index (χ0) is 10.6. The van der Waals surface area contributed by atoms with Crippen molar-refractivity contribution in [3.8, 4) is 0 Å². The fourth-order valence-electron chi connectivity index (χ4n) is 1.17. The van der Waals surface area contributed by atoms with Crippen LogP contribution in [0.4, 0.5) is 4.39 Å². The van der Waals surface area contributed by atoms with Gasteiger partial charge in [-0.1, -0.05) is 18.2 Å². The molecule has 0 radical (unpaired) electrons. The Morgan fingerprint density at radius 2 is 2.14 bits per heavy atom. The molecule has 0 saturated heterocycles. The zero-order valence-electron chi connectivity index (χ0n) is 7.95. The maximum absolute atomic E-state index is 13.8. The third-order valence-electron chi connectivity index (χ3n) is 1.85. The predicted octanol–water partition coefficient (Wildman–Crippen LogP) is 2.89. The van der Waals surface area contributed by atoms with E-state index in [9.17, 15) is 9.18 Å². The van der Waals surface area contributed by atoms with E-state index in [4.69, 9.17) is 0 Å². The number of hydrogen-bond donors (Lipinski definition) is 0. The van der Waals surface area contributed by atoms with Crippen molar-refractivity contribution in [2.24, 2.45) is 4.99 Å². The number of thioether (sulfide) groups is 1. The molecule has 1 rings (SSSR count). The second kappa shape index (κ2) is 4.40. The first-order chi connectivity index (χ1) is 6.61. The smallest absolute Gasteiger partial charge is 0.212 e. The molecule has 1 aromatic carbocycles. The van der Waals surface area contributed by atoms with Gasteiger partial charge in [0.1, 0.15) is 0 Å². The monoisotopic (exact) mass is 211 g/mol. The van der Waals surface area contributed by atoms with E-state index in [2.05, 4.69) is 4.99 Å². The fourth-order valence-corrected chi connectivity index (χ4v) is 1.86. The van der Waals surface area contributed by atoms with Crippen molar-refractivity contribution in [3.63, 3.8) is 0 Å². The summed E-state index contributed by atoms with van der Waals surface area (Å²) in [7, 11) is 0. The first-order valence-corrected chi connectivity index (χ1v) is 5.25. The third kappa shape index (κ3) is 2.22. The summed E-state index contributed by atoms with van der Waals surface area (Å²) >= 11 is 1.42. The number of halogens is 1. The highest BCUT2D eigenvalue weighted by Gasteiger charge is 2.27. The van der Waals surface area contributed by atoms with Gasteiger partial charge in [-0.25, -0.2) is 9.18 Å². The molecule has 0 bridgehead atoms. The quantitative estimate of drug-likeness (QED) is 0.333. The van der Waals surface area contributed by atoms with E-state index in [1.54, 1.807) is 18.2 Å². The molecule has 0 aliphatic rings. The van der Waals surface area contributed by atoms with Crippen LogP contribution in [-0.4, -0.2) is 12.3 Å². The van der Waals surface area contributed by atoms with Crippen molar-refractivity contribution in [2.45, 2.75) is 17.6 Å². The highest BCUT2D eigenvalue weighted by Crippen LogP contribution is 2.33. The summed E-state index contributed by atoms with van der Waals surface area (Å²) in [6.45, 7) is 1.24. The van der Waals surface area contributed by atoms with Crippen molar-refractivity contribution >= 4 is 17.8 Å². The lowest BCUT2D eigenvalue weighted by Crippen LogP contribution is -2.12. The number of aliphatic imine (C=N–C) groups is 1. The van der Waals surface area contributed by atoms with Crippen molar-refractivity contribution in [1.82, 2.24) is 0 Å². The van der Waals surface area contributed by atoms with Gasteiger partial charge in [-0.3, -0.25) is 0 Å². The average molecular weight is 211 g/mol. The Bertz CT molecular complexity index is 372. The van der Waals surface area contributed by atoms with E-state index in [0.29, 0.717) is 5.56 Å². The lowest BCUT2D eigenvalue weighted by atomic mass is 10.1. The van der Waals surface area contributed by atoms with Gasteiger partial charge in [0.15, 0.2) is 0 Å². The van der Waals surface area contributed by atoms with E-state index < -0.39 is 5.79 Å². The molecule has 4 heteroatoms. The van der Waals surface area contributed by atoms with Gasteiger partial charge in [-0.15, -0.1) is 11.8 Å². The SMILES string of the molecule is CSc1ccccc1C(C)(F)N=C=O. The predicted molar refractivity (Wildman–Crippen MR) is 54.8 cm³/mol. The van der Waals surface area contributed by atoms with Crippen LogP contribution in [0.15, 0.2) is 34.2 Å². The van der Waals surface area contributed by atoms with Crippen LogP contribution in [0, 0.1) is 0 Å². The number of benzene rings is 1. The molecule has 1 atom stereocenters. The van der Waals surface area contributed by atoms with E-state index in [1.807, 2.05) is 12.3 Å². The Kier molecular flexibility index (Phi) is 3.44. The summed E-state index contributed by atoms with van der Waals surface area (Å²) in [6, 6.07) is 6.94. The van der Waals surface area contributed by atoms with Gasteiger partial charge in [0.25, 0.3) is 0 Å². The molecule has 0 spiro atoms. The third-order valence-corrected chi connectivity index (χ3v) is 2.65. The maximum atomic E-state index is 13.8. The van der Waals surface area contributed by atoms with Crippen LogP contribution in [0.1, 0.15) is 12.5 Å². The summed E-state index contributed by atoms with van der Waals surface area (Å²) < 4.78 is 13.8. The summed E-state index contributed by atoms with van der Waals surface area (Å²) in [5.41, 5.74) is 0.399. The summed E-state index contributed by atoms with van der Waals surface area (Å²) in [5, 5.41) is 0. The number of alkyl halides is 1. The van der Waals surface area contributed by atoms with Gasteiger partial charge >= 0.3 is 0 Å². The number of hydrogen-bond acceptors (Lipinski definition) is 3. The van der Waals surface area contributed by atoms with Crippen LogP contribution < -0.4 is 0 Å². The zero-order valence-corrected chi connectivity index (χ0v) is 8.77. The number of rotatable bonds is 3. The molecule has 0 heterocycles. The molecule has 0 aliphatic carbocycles. The normalized spacial score (nSPS) is 14.2. The summed E-state index contributed by atoms with van der Waals surface area (Å²) in [4.78, 5) is 14.0. The molecular weight excluding hydrogens is 201 g/mol. The molecular formula is C10H10FNOS. The fraction of sp³-hybridized carbons (Fsp3) is 0.300. The van der Waals surface area contributed by atoms with Crippen LogP contribution in [0.2, 0.25) is 0 Å². The van der Waals surface area contributed by atoms with Crippen molar-refractivity contribution in [1.29, 1.82) is 0 Å². The van der Waals surface area contributed by atoms with Crippen LogP contribution in [0.3, 0.4) is 0 Å². The Balaban J connectivity index is 3.23. The van der Waals surface area contributed by atoms with E-state index >= 15 is 0 Å². The minimum atomic E-state index is -1.98. The van der Waals surface area contributed by atoms with Crippen molar-refractivity contribution in [2.75, 3.05) is 6.26 Å². The molecule has 74 valence electrons. The molecule has 0 aromatic heterocycles. The molecule has 0 fully saturated rings. The Hall–Kier alpha value is -1.12. The van der Waals surface area contributed by atoms with Crippen molar-refractivity contribution in [3.05, 3.63) is 29.8 Å². The van der Waals surface area contributed by atoms with Crippen molar-refractivity contribution < 1.29 is 9.18 Å². The van der Waals surface area contributed by atoms with Crippen LogP contribution in [0.5, 0.6) is 0 Å². The highest BCUT2D eigenvalue weighted by molar-refractivity contribution is 7.98. The lowest BCUT2D eigenvalue weighted by Gasteiger charge is -2.16. The first-order valence-electron chi connectivity index (χ1n) is 4.03. The lowest BCUT2D eigenvalue weighted by molar-refractivity contribution is 0.202.